The highest BCUT2D eigenvalue weighted by molar-refractivity contribution is 6.31. The van der Waals surface area contributed by atoms with E-state index in [4.69, 9.17) is 11.6 Å². The van der Waals surface area contributed by atoms with E-state index < -0.39 is 5.41 Å². The normalized spacial score (nSPS) is 19.1. The smallest absolute Gasteiger partial charge is 0.230 e. The average molecular weight is 295 g/mol. The molecule has 1 heterocycles. The van der Waals surface area contributed by atoms with Crippen molar-refractivity contribution in [1.29, 1.82) is 0 Å². The Morgan fingerprint density at radius 1 is 1.45 bits per heavy atom. The molecule has 1 aromatic carbocycles. The Labute approximate surface area is 126 Å². The number of carbonyl (C=O) groups excluding carboxylic acids is 1. The Morgan fingerprint density at radius 2 is 2.20 bits per heavy atom. The van der Waals surface area contributed by atoms with Gasteiger partial charge < -0.3 is 10.6 Å². The van der Waals surface area contributed by atoms with Crippen molar-refractivity contribution < 1.29 is 4.79 Å². The zero-order valence-corrected chi connectivity index (χ0v) is 13.0. The summed E-state index contributed by atoms with van der Waals surface area (Å²) in [5, 5.41) is 7.04. The lowest BCUT2D eigenvalue weighted by molar-refractivity contribution is -0.125. The van der Waals surface area contributed by atoms with Gasteiger partial charge in [-0.05, 0) is 57.3 Å². The number of carbonyl (C=O) groups is 1. The van der Waals surface area contributed by atoms with Crippen LogP contribution in [0.3, 0.4) is 0 Å². The van der Waals surface area contributed by atoms with Crippen LogP contribution in [0.2, 0.25) is 5.02 Å². The molecule has 0 saturated carbocycles. The molecule has 1 atom stereocenters. The lowest BCUT2D eigenvalue weighted by atomic mass is 9.83. The Bertz CT molecular complexity index is 467. The van der Waals surface area contributed by atoms with Crippen LogP contribution >= 0.6 is 11.6 Å². The molecule has 1 unspecified atom stereocenters. The van der Waals surface area contributed by atoms with Crippen molar-refractivity contribution in [3.63, 3.8) is 0 Å². The second kappa shape index (κ2) is 6.59. The van der Waals surface area contributed by atoms with Crippen molar-refractivity contribution in [3.8, 4) is 0 Å². The molecule has 0 aliphatic carbocycles. The molecule has 1 aliphatic heterocycles. The van der Waals surface area contributed by atoms with Crippen molar-refractivity contribution in [1.82, 2.24) is 10.6 Å². The Morgan fingerprint density at radius 3 is 2.85 bits per heavy atom. The fourth-order valence-corrected chi connectivity index (χ4v) is 3.03. The van der Waals surface area contributed by atoms with Gasteiger partial charge in [-0.1, -0.05) is 29.8 Å². The first-order chi connectivity index (χ1) is 9.51. The monoisotopic (exact) mass is 294 g/mol. The first-order valence-electron chi connectivity index (χ1n) is 7.26. The molecular weight excluding hydrogens is 272 g/mol. The molecule has 1 saturated heterocycles. The number of benzene rings is 1. The van der Waals surface area contributed by atoms with Crippen molar-refractivity contribution in [2.45, 2.75) is 32.1 Å². The fraction of sp³-hybridized carbons (Fsp3) is 0.562. The highest BCUT2D eigenvalue weighted by atomic mass is 35.5. The zero-order valence-electron chi connectivity index (χ0n) is 12.2. The van der Waals surface area contributed by atoms with Crippen LogP contribution in [0.15, 0.2) is 24.3 Å². The second-order valence-electron chi connectivity index (χ2n) is 6.01. The highest BCUT2D eigenvalue weighted by Gasteiger charge is 2.31. The molecule has 2 rings (SSSR count). The standard InChI is InChI=1S/C16H23ClN2O/c1-16(2,13-5-3-4-6-14(13)17)15(20)19-10-8-12-7-9-18-11-12/h3-6,12,18H,7-11H2,1-2H3,(H,19,20). The van der Waals surface area contributed by atoms with Gasteiger partial charge in [0.1, 0.15) is 0 Å². The predicted octanol–water partition coefficient (Wildman–Crippen LogP) is 2.73. The maximum absolute atomic E-state index is 12.4. The van der Waals surface area contributed by atoms with Crippen LogP contribution in [-0.2, 0) is 10.2 Å². The minimum Gasteiger partial charge on any atom is -0.355 e. The molecule has 20 heavy (non-hydrogen) atoms. The minimum atomic E-state index is -0.605. The number of rotatable bonds is 5. The molecule has 1 amide bonds. The van der Waals surface area contributed by atoms with Gasteiger partial charge in [-0.2, -0.15) is 0 Å². The predicted molar refractivity (Wildman–Crippen MR) is 83.1 cm³/mol. The molecular formula is C16H23ClN2O. The van der Waals surface area contributed by atoms with Crippen LogP contribution in [0.25, 0.3) is 0 Å². The van der Waals surface area contributed by atoms with Crippen molar-refractivity contribution in [2.75, 3.05) is 19.6 Å². The number of hydrogen-bond acceptors (Lipinski definition) is 2. The first-order valence-corrected chi connectivity index (χ1v) is 7.63. The third-order valence-corrected chi connectivity index (χ3v) is 4.44. The van der Waals surface area contributed by atoms with Crippen molar-refractivity contribution in [3.05, 3.63) is 34.9 Å². The molecule has 1 aromatic rings. The van der Waals surface area contributed by atoms with Gasteiger partial charge in [0.25, 0.3) is 0 Å². The molecule has 0 bridgehead atoms. The maximum Gasteiger partial charge on any atom is 0.230 e. The minimum absolute atomic E-state index is 0.0385. The van der Waals surface area contributed by atoms with Crippen LogP contribution in [0, 0.1) is 5.92 Å². The van der Waals surface area contributed by atoms with E-state index in [0.29, 0.717) is 10.9 Å². The maximum atomic E-state index is 12.4. The third kappa shape index (κ3) is 3.53. The molecule has 0 radical (unpaired) electrons. The molecule has 1 fully saturated rings. The summed E-state index contributed by atoms with van der Waals surface area (Å²) in [6, 6.07) is 7.55. The van der Waals surface area contributed by atoms with E-state index in [-0.39, 0.29) is 5.91 Å². The number of amides is 1. The van der Waals surface area contributed by atoms with Gasteiger partial charge in [0.15, 0.2) is 0 Å². The summed E-state index contributed by atoms with van der Waals surface area (Å²) in [4.78, 5) is 12.4. The average Bonchev–Trinajstić information content (AvgIpc) is 2.92. The number of halogens is 1. The van der Waals surface area contributed by atoms with Gasteiger partial charge in [-0.15, -0.1) is 0 Å². The van der Waals surface area contributed by atoms with E-state index in [0.717, 1.165) is 31.6 Å². The summed E-state index contributed by atoms with van der Waals surface area (Å²) in [5.41, 5.74) is 0.272. The van der Waals surface area contributed by atoms with Gasteiger partial charge in [0, 0.05) is 11.6 Å². The van der Waals surface area contributed by atoms with Gasteiger partial charge >= 0.3 is 0 Å². The largest absolute Gasteiger partial charge is 0.355 e. The highest BCUT2D eigenvalue weighted by Crippen LogP contribution is 2.29. The van der Waals surface area contributed by atoms with Crippen LogP contribution in [-0.4, -0.2) is 25.5 Å². The summed E-state index contributed by atoms with van der Waals surface area (Å²) in [5.74, 6) is 0.732. The molecule has 110 valence electrons. The van der Waals surface area contributed by atoms with Crippen LogP contribution in [0.4, 0.5) is 0 Å². The van der Waals surface area contributed by atoms with Crippen LogP contribution in [0.5, 0.6) is 0 Å². The van der Waals surface area contributed by atoms with Crippen LogP contribution in [0.1, 0.15) is 32.3 Å². The van der Waals surface area contributed by atoms with Gasteiger partial charge in [0.2, 0.25) is 5.91 Å². The molecule has 1 aliphatic rings. The molecule has 0 spiro atoms. The zero-order chi connectivity index (χ0) is 14.6. The topological polar surface area (TPSA) is 41.1 Å². The lowest BCUT2D eigenvalue weighted by Crippen LogP contribution is -2.41. The van der Waals surface area contributed by atoms with E-state index in [1.54, 1.807) is 0 Å². The quantitative estimate of drug-likeness (QED) is 0.877. The summed E-state index contributed by atoms with van der Waals surface area (Å²) < 4.78 is 0. The Hall–Kier alpha value is -1.06. The Balaban J connectivity index is 1.91. The summed E-state index contributed by atoms with van der Waals surface area (Å²) in [6.45, 7) is 6.74. The van der Waals surface area contributed by atoms with E-state index in [1.807, 2.05) is 38.1 Å². The third-order valence-electron chi connectivity index (χ3n) is 4.12. The van der Waals surface area contributed by atoms with Gasteiger partial charge in [-0.3, -0.25) is 4.79 Å². The number of nitrogens with one attached hydrogen (secondary N) is 2. The van der Waals surface area contributed by atoms with E-state index in [2.05, 4.69) is 10.6 Å². The molecule has 0 aromatic heterocycles. The molecule has 3 nitrogen and oxygen atoms in total. The summed E-state index contributed by atoms with van der Waals surface area (Å²) in [6.07, 6.45) is 2.25. The molecule has 2 N–H and O–H groups in total. The fourth-order valence-electron chi connectivity index (χ4n) is 2.66. The van der Waals surface area contributed by atoms with Gasteiger partial charge in [0.05, 0.1) is 5.41 Å². The van der Waals surface area contributed by atoms with E-state index in [1.165, 1.54) is 6.42 Å². The van der Waals surface area contributed by atoms with Gasteiger partial charge in [-0.25, -0.2) is 0 Å². The first kappa shape index (κ1) is 15.3. The lowest BCUT2D eigenvalue weighted by Gasteiger charge is -2.25. The second-order valence-corrected chi connectivity index (χ2v) is 6.42. The number of hydrogen-bond donors (Lipinski definition) is 2. The van der Waals surface area contributed by atoms with Crippen molar-refractivity contribution in [2.24, 2.45) is 5.92 Å². The van der Waals surface area contributed by atoms with E-state index >= 15 is 0 Å². The molecule has 4 heteroatoms. The van der Waals surface area contributed by atoms with E-state index in [9.17, 15) is 4.79 Å². The summed E-state index contributed by atoms with van der Waals surface area (Å²) in [7, 11) is 0. The SMILES string of the molecule is CC(C)(C(=O)NCCC1CCNC1)c1ccccc1Cl. The van der Waals surface area contributed by atoms with Crippen LogP contribution < -0.4 is 10.6 Å². The Kier molecular flexibility index (Phi) is 5.06. The van der Waals surface area contributed by atoms with Crippen molar-refractivity contribution >= 4 is 17.5 Å². The summed E-state index contributed by atoms with van der Waals surface area (Å²) >= 11 is 6.20.